The lowest BCUT2D eigenvalue weighted by molar-refractivity contribution is 0.168. The molecule has 0 radical (unpaired) electrons. The standard InChI is InChI=1S/C12H19NO/c1-4-13-12(9-14-3)11-7-5-6-10(2)8-11/h5-8,12-13H,4,9H2,1-3H3. The summed E-state index contributed by atoms with van der Waals surface area (Å²) in [4.78, 5) is 0. The maximum Gasteiger partial charge on any atom is 0.0657 e. The fourth-order valence-electron chi connectivity index (χ4n) is 1.57. The van der Waals surface area contributed by atoms with Crippen LogP contribution in [0.1, 0.15) is 24.1 Å². The van der Waals surface area contributed by atoms with Crippen LogP contribution in [0, 0.1) is 6.92 Å². The fourth-order valence-corrected chi connectivity index (χ4v) is 1.57. The molecule has 0 aromatic heterocycles. The second-order valence-corrected chi connectivity index (χ2v) is 3.48. The molecule has 0 aliphatic rings. The highest BCUT2D eigenvalue weighted by molar-refractivity contribution is 5.25. The largest absolute Gasteiger partial charge is 0.383 e. The van der Waals surface area contributed by atoms with E-state index >= 15 is 0 Å². The van der Waals surface area contributed by atoms with Gasteiger partial charge in [0, 0.05) is 7.11 Å². The van der Waals surface area contributed by atoms with Crippen LogP contribution in [0.25, 0.3) is 0 Å². The van der Waals surface area contributed by atoms with Crippen molar-refractivity contribution in [3.05, 3.63) is 35.4 Å². The molecular weight excluding hydrogens is 174 g/mol. The van der Waals surface area contributed by atoms with E-state index in [1.807, 2.05) is 0 Å². The first-order chi connectivity index (χ1) is 6.77. The predicted octanol–water partition coefficient (Wildman–Crippen LogP) is 2.29. The van der Waals surface area contributed by atoms with Crippen molar-refractivity contribution in [1.29, 1.82) is 0 Å². The Morgan fingerprint density at radius 3 is 2.79 bits per heavy atom. The highest BCUT2D eigenvalue weighted by Crippen LogP contribution is 2.14. The zero-order valence-corrected chi connectivity index (χ0v) is 9.21. The van der Waals surface area contributed by atoms with Crippen LogP contribution < -0.4 is 5.32 Å². The quantitative estimate of drug-likeness (QED) is 0.774. The van der Waals surface area contributed by atoms with E-state index in [9.17, 15) is 0 Å². The average Bonchev–Trinajstić information content (AvgIpc) is 2.17. The third kappa shape index (κ3) is 3.13. The minimum absolute atomic E-state index is 0.310. The van der Waals surface area contributed by atoms with Gasteiger partial charge in [-0.25, -0.2) is 0 Å². The smallest absolute Gasteiger partial charge is 0.0657 e. The van der Waals surface area contributed by atoms with E-state index in [0.717, 1.165) is 13.2 Å². The van der Waals surface area contributed by atoms with Crippen LogP contribution in [0.15, 0.2) is 24.3 Å². The summed E-state index contributed by atoms with van der Waals surface area (Å²) in [5.41, 5.74) is 2.59. The summed E-state index contributed by atoms with van der Waals surface area (Å²) in [5.74, 6) is 0. The molecule has 0 amide bonds. The first kappa shape index (κ1) is 11.2. The van der Waals surface area contributed by atoms with Crippen LogP contribution in [0.2, 0.25) is 0 Å². The topological polar surface area (TPSA) is 21.3 Å². The van der Waals surface area contributed by atoms with Gasteiger partial charge in [0.15, 0.2) is 0 Å². The molecule has 0 spiro atoms. The molecule has 2 heteroatoms. The van der Waals surface area contributed by atoms with Gasteiger partial charge in [0.1, 0.15) is 0 Å². The Bertz CT molecular complexity index is 267. The summed E-state index contributed by atoms with van der Waals surface area (Å²) in [6, 6.07) is 8.85. The van der Waals surface area contributed by atoms with Gasteiger partial charge in [-0.3, -0.25) is 0 Å². The van der Waals surface area contributed by atoms with Crippen LogP contribution in [0.4, 0.5) is 0 Å². The molecule has 0 aliphatic heterocycles. The second kappa shape index (κ2) is 5.78. The summed E-state index contributed by atoms with van der Waals surface area (Å²) >= 11 is 0. The molecule has 14 heavy (non-hydrogen) atoms. The third-order valence-electron chi connectivity index (χ3n) is 2.23. The summed E-state index contributed by atoms with van der Waals surface area (Å²) in [6.45, 7) is 5.90. The number of hydrogen-bond donors (Lipinski definition) is 1. The van der Waals surface area contributed by atoms with Gasteiger partial charge in [-0.1, -0.05) is 36.8 Å². The molecule has 0 bridgehead atoms. The lowest BCUT2D eigenvalue weighted by atomic mass is 10.1. The Kier molecular flexibility index (Phi) is 4.63. The van der Waals surface area contributed by atoms with Gasteiger partial charge >= 0.3 is 0 Å². The van der Waals surface area contributed by atoms with Crippen molar-refractivity contribution in [3.63, 3.8) is 0 Å². The highest BCUT2D eigenvalue weighted by atomic mass is 16.5. The van der Waals surface area contributed by atoms with Crippen LogP contribution >= 0.6 is 0 Å². The van der Waals surface area contributed by atoms with E-state index in [4.69, 9.17) is 4.74 Å². The molecule has 1 unspecified atom stereocenters. The number of nitrogens with one attached hydrogen (secondary N) is 1. The SMILES string of the molecule is CCNC(COC)c1cccc(C)c1. The monoisotopic (exact) mass is 193 g/mol. The summed E-state index contributed by atoms with van der Waals surface area (Å²) in [5, 5.41) is 3.40. The molecule has 0 aliphatic carbocycles. The average molecular weight is 193 g/mol. The normalized spacial score (nSPS) is 12.8. The zero-order valence-electron chi connectivity index (χ0n) is 9.21. The maximum absolute atomic E-state index is 5.19. The Labute approximate surface area is 86.3 Å². The Morgan fingerprint density at radius 2 is 2.21 bits per heavy atom. The summed E-state index contributed by atoms with van der Waals surface area (Å²) in [6.07, 6.45) is 0. The van der Waals surface area contributed by atoms with Crippen molar-refractivity contribution in [2.75, 3.05) is 20.3 Å². The van der Waals surface area contributed by atoms with Crippen molar-refractivity contribution >= 4 is 0 Å². The van der Waals surface area contributed by atoms with Gasteiger partial charge in [-0.2, -0.15) is 0 Å². The Balaban J connectivity index is 2.75. The van der Waals surface area contributed by atoms with Crippen molar-refractivity contribution in [2.45, 2.75) is 19.9 Å². The van der Waals surface area contributed by atoms with Gasteiger partial charge in [0.05, 0.1) is 12.6 Å². The first-order valence-corrected chi connectivity index (χ1v) is 5.06. The molecule has 0 saturated carbocycles. The fraction of sp³-hybridized carbons (Fsp3) is 0.500. The lowest BCUT2D eigenvalue weighted by Crippen LogP contribution is -2.24. The molecule has 0 saturated heterocycles. The lowest BCUT2D eigenvalue weighted by Gasteiger charge is -2.17. The van der Waals surface area contributed by atoms with E-state index in [-0.39, 0.29) is 0 Å². The first-order valence-electron chi connectivity index (χ1n) is 5.06. The molecule has 1 N–H and O–H groups in total. The van der Waals surface area contributed by atoms with Gasteiger partial charge < -0.3 is 10.1 Å². The van der Waals surface area contributed by atoms with E-state index in [0.29, 0.717) is 6.04 Å². The molecule has 1 aromatic rings. The number of likely N-dealkylation sites (N-methyl/N-ethyl adjacent to an activating group) is 1. The van der Waals surface area contributed by atoms with Crippen molar-refractivity contribution in [3.8, 4) is 0 Å². The number of ether oxygens (including phenoxy) is 1. The molecule has 1 rings (SSSR count). The molecular formula is C12H19NO. The van der Waals surface area contributed by atoms with E-state index in [1.165, 1.54) is 11.1 Å². The molecule has 78 valence electrons. The number of hydrogen-bond acceptors (Lipinski definition) is 2. The summed E-state index contributed by atoms with van der Waals surface area (Å²) in [7, 11) is 1.74. The van der Waals surface area contributed by atoms with E-state index in [1.54, 1.807) is 7.11 Å². The van der Waals surface area contributed by atoms with Crippen LogP contribution in [-0.4, -0.2) is 20.3 Å². The zero-order chi connectivity index (χ0) is 10.4. The number of methoxy groups -OCH3 is 1. The molecule has 0 heterocycles. The Hall–Kier alpha value is -0.860. The number of rotatable bonds is 5. The molecule has 1 atom stereocenters. The Morgan fingerprint density at radius 1 is 1.43 bits per heavy atom. The van der Waals surface area contributed by atoms with Gasteiger partial charge in [0.25, 0.3) is 0 Å². The molecule has 1 aromatic carbocycles. The molecule has 0 fully saturated rings. The van der Waals surface area contributed by atoms with E-state index < -0.39 is 0 Å². The van der Waals surface area contributed by atoms with Crippen LogP contribution in [0.5, 0.6) is 0 Å². The maximum atomic E-state index is 5.19. The van der Waals surface area contributed by atoms with Crippen molar-refractivity contribution in [1.82, 2.24) is 5.32 Å². The van der Waals surface area contributed by atoms with Crippen molar-refractivity contribution in [2.24, 2.45) is 0 Å². The minimum Gasteiger partial charge on any atom is -0.383 e. The molecule has 2 nitrogen and oxygen atoms in total. The number of benzene rings is 1. The number of aryl methyl sites for hydroxylation is 1. The highest BCUT2D eigenvalue weighted by Gasteiger charge is 2.08. The third-order valence-corrected chi connectivity index (χ3v) is 2.23. The van der Waals surface area contributed by atoms with Gasteiger partial charge in [-0.15, -0.1) is 0 Å². The van der Waals surface area contributed by atoms with Crippen LogP contribution in [0.3, 0.4) is 0 Å². The van der Waals surface area contributed by atoms with Gasteiger partial charge in [0.2, 0.25) is 0 Å². The minimum atomic E-state index is 0.310. The van der Waals surface area contributed by atoms with Crippen LogP contribution in [-0.2, 0) is 4.74 Å². The predicted molar refractivity (Wildman–Crippen MR) is 59.5 cm³/mol. The van der Waals surface area contributed by atoms with Gasteiger partial charge in [-0.05, 0) is 19.0 Å². The summed E-state index contributed by atoms with van der Waals surface area (Å²) < 4.78 is 5.19. The van der Waals surface area contributed by atoms with E-state index in [2.05, 4.69) is 43.4 Å². The van der Waals surface area contributed by atoms with Crippen molar-refractivity contribution < 1.29 is 4.74 Å². The second-order valence-electron chi connectivity index (χ2n) is 3.48.